The molecule has 1 N–H and O–H groups in total. The Balaban J connectivity index is 3.54. The smallest absolute Gasteiger partial charge is 0.355 e. The summed E-state index contributed by atoms with van der Waals surface area (Å²) in [6.45, 7) is 0. The molecule has 15 heavy (non-hydrogen) atoms. The summed E-state index contributed by atoms with van der Waals surface area (Å²) in [6.07, 6.45) is 0. The molecule has 0 aliphatic rings. The summed E-state index contributed by atoms with van der Waals surface area (Å²) in [5.41, 5.74) is -1.11. The molecule has 0 amide bonds. The van der Waals surface area contributed by atoms with Gasteiger partial charge in [-0.1, -0.05) is 0 Å². The maximum Gasteiger partial charge on any atom is 0.355 e. The van der Waals surface area contributed by atoms with Crippen LogP contribution in [0.5, 0.6) is 0 Å². The van der Waals surface area contributed by atoms with Crippen LogP contribution in [0.1, 0.15) is 10.5 Å². The van der Waals surface area contributed by atoms with Gasteiger partial charge in [-0.05, 0) is 6.07 Å². The summed E-state index contributed by atoms with van der Waals surface area (Å²) in [7, 11) is 2.01. The Morgan fingerprint density at radius 2 is 2.07 bits per heavy atom. The Labute approximate surface area is 89.2 Å². The van der Waals surface area contributed by atoms with E-state index in [1.165, 1.54) is 0 Å². The molecule has 82 valence electrons. The van der Waals surface area contributed by atoms with E-state index in [4.69, 9.17) is 10.7 Å². The molecule has 8 heteroatoms. The monoisotopic (exact) mass is 251 g/mol. The molecule has 0 aliphatic heterocycles. The molecule has 6 nitrogen and oxygen atoms in total. The van der Waals surface area contributed by atoms with Gasteiger partial charge < -0.3 is 9.72 Å². The molecule has 0 radical (unpaired) electrons. The zero-order chi connectivity index (χ0) is 11.6. The van der Waals surface area contributed by atoms with Crippen molar-refractivity contribution in [2.45, 2.75) is 4.90 Å². The van der Waals surface area contributed by atoms with Gasteiger partial charge in [0, 0.05) is 16.7 Å². The molecule has 0 aromatic carbocycles. The van der Waals surface area contributed by atoms with Gasteiger partial charge in [-0.25, -0.2) is 13.2 Å². The number of aromatic amines is 1. The number of hydrogen-bond acceptors (Lipinski definition) is 5. The molecule has 0 unspecified atom stereocenters. The van der Waals surface area contributed by atoms with Crippen molar-refractivity contribution < 1.29 is 17.9 Å². The fourth-order valence-electron chi connectivity index (χ4n) is 0.918. The van der Waals surface area contributed by atoms with Crippen molar-refractivity contribution in [1.29, 1.82) is 0 Å². The van der Waals surface area contributed by atoms with E-state index in [1.54, 1.807) is 0 Å². The summed E-state index contributed by atoms with van der Waals surface area (Å²) < 4.78 is 26.3. The highest BCUT2D eigenvalue weighted by Crippen LogP contribution is 2.17. The first-order valence-corrected chi connectivity index (χ1v) is 5.93. The predicted octanol–water partition coefficient (Wildman–Crippen LogP) is 0.0890. The second-order valence-corrected chi connectivity index (χ2v) is 5.03. The fourth-order valence-corrected chi connectivity index (χ4v) is 1.91. The lowest BCUT2D eigenvalue weighted by Crippen LogP contribution is -2.16. The molecule has 0 bridgehead atoms. The molecule has 0 aliphatic carbocycles. The Morgan fingerprint density at radius 3 is 2.53 bits per heavy atom. The van der Waals surface area contributed by atoms with Crippen LogP contribution in [0.2, 0.25) is 0 Å². The maximum absolute atomic E-state index is 11.1. The zero-order valence-electron chi connectivity index (χ0n) is 7.48. The molecule has 0 saturated carbocycles. The van der Waals surface area contributed by atoms with Gasteiger partial charge in [0.25, 0.3) is 9.05 Å². The van der Waals surface area contributed by atoms with E-state index in [2.05, 4.69) is 4.74 Å². The number of pyridine rings is 1. The third kappa shape index (κ3) is 2.57. The number of hydrogen-bond donors (Lipinski definition) is 1. The Hall–Kier alpha value is -1.34. The molecular weight excluding hydrogens is 246 g/mol. The van der Waals surface area contributed by atoms with Crippen LogP contribution in [-0.4, -0.2) is 26.5 Å². The average molecular weight is 252 g/mol. The van der Waals surface area contributed by atoms with Gasteiger partial charge in [0.05, 0.1) is 7.11 Å². The molecule has 1 aromatic heterocycles. The van der Waals surface area contributed by atoms with Gasteiger partial charge >= 0.3 is 5.97 Å². The van der Waals surface area contributed by atoms with Crippen LogP contribution in [0, 0.1) is 0 Å². The second kappa shape index (κ2) is 4.03. The minimum Gasteiger partial charge on any atom is -0.464 e. The summed E-state index contributed by atoms with van der Waals surface area (Å²) in [4.78, 5) is 23.6. The topological polar surface area (TPSA) is 93.3 Å². The van der Waals surface area contributed by atoms with Gasteiger partial charge in [0.1, 0.15) is 10.6 Å². The first-order valence-electron chi connectivity index (χ1n) is 3.62. The molecule has 1 aromatic rings. The van der Waals surface area contributed by atoms with Crippen molar-refractivity contribution in [2.24, 2.45) is 0 Å². The third-order valence-electron chi connectivity index (χ3n) is 1.53. The van der Waals surface area contributed by atoms with Crippen LogP contribution in [0.25, 0.3) is 0 Å². The molecule has 0 saturated heterocycles. The SMILES string of the molecule is COC(=O)c1[nH]c(=O)ccc1S(=O)(=O)Cl. The van der Waals surface area contributed by atoms with E-state index in [0.29, 0.717) is 0 Å². The molecule has 0 fully saturated rings. The van der Waals surface area contributed by atoms with E-state index >= 15 is 0 Å². The van der Waals surface area contributed by atoms with Crippen molar-refractivity contribution in [2.75, 3.05) is 7.11 Å². The number of H-pyrrole nitrogens is 1. The Kier molecular flexibility index (Phi) is 3.15. The van der Waals surface area contributed by atoms with Crippen molar-refractivity contribution in [3.63, 3.8) is 0 Å². The number of carbonyl (C=O) groups excluding carboxylic acids is 1. The summed E-state index contributed by atoms with van der Waals surface area (Å²) in [5.74, 6) is -0.980. The first-order chi connectivity index (χ1) is 6.86. The highest BCUT2D eigenvalue weighted by molar-refractivity contribution is 8.13. The highest BCUT2D eigenvalue weighted by Gasteiger charge is 2.21. The summed E-state index contributed by atoms with van der Waals surface area (Å²) in [5, 5.41) is 0. The average Bonchev–Trinajstić information content (AvgIpc) is 2.14. The van der Waals surface area contributed by atoms with E-state index in [1.807, 2.05) is 4.98 Å². The molecule has 1 rings (SSSR count). The number of aromatic nitrogens is 1. The van der Waals surface area contributed by atoms with Gasteiger partial charge in [0.15, 0.2) is 0 Å². The van der Waals surface area contributed by atoms with Gasteiger partial charge in [0.2, 0.25) is 5.56 Å². The minimum atomic E-state index is -4.10. The molecule has 1 heterocycles. The quantitative estimate of drug-likeness (QED) is 0.594. The van der Waals surface area contributed by atoms with Crippen LogP contribution in [0.3, 0.4) is 0 Å². The number of esters is 1. The molecule has 0 atom stereocenters. The van der Waals surface area contributed by atoms with Gasteiger partial charge in [-0.2, -0.15) is 0 Å². The number of carbonyl (C=O) groups is 1. The summed E-state index contributed by atoms with van der Waals surface area (Å²) in [6, 6.07) is 1.88. The number of nitrogens with one attached hydrogen (secondary N) is 1. The predicted molar refractivity (Wildman–Crippen MR) is 51.4 cm³/mol. The standard InChI is InChI=1S/C7H6ClNO5S/c1-14-7(11)6-4(15(8,12)13)2-3-5(10)9-6/h2-3H,1H3,(H,9,10). The van der Waals surface area contributed by atoms with Crippen LogP contribution >= 0.6 is 10.7 Å². The van der Waals surface area contributed by atoms with Gasteiger partial charge in [-0.15, -0.1) is 0 Å². The normalized spacial score (nSPS) is 11.1. The second-order valence-electron chi connectivity index (χ2n) is 2.49. The van der Waals surface area contributed by atoms with E-state index in [9.17, 15) is 18.0 Å². The summed E-state index contributed by atoms with van der Waals surface area (Å²) >= 11 is 0. The number of methoxy groups -OCH3 is 1. The minimum absolute atomic E-state index is 0.486. The van der Waals surface area contributed by atoms with Crippen LogP contribution in [0.15, 0.2) is 21.8 Å². The zero-order valence-corrected chi connectivity index (χ0v) is 9.05. The van der Waals surface area contributed by atoms with Crippen LogP contribution < -0.4 is 5.56 Å². The lowest BCUT2D eigenvalue weighted by molar-refractivity contribution is 0.0589. The van der Waals surface area contributed by atoms with E-state index < -0.39 is 31.2 Å². The lowest BCUT2D eigenvalue weighted by atomic mass is 10.3. The van der Waals surface area contributed by atoms with Crippen LogP contribution in [0.4, 0.5) is 0 Å². The van der Waals surface area contributed by atoms with Crippen LogP contribution in [-0.2, 0) is 13.8 Å². The van der Waals surface area contributed by atoms with E-state index in [0.717, 1.165) is 19.2 Å². The van der Waals surface area contributed by atoms with Crippen molar-refractivity contribution in [1.82, 2.24) is 4.98 Å². The molecular formula is C7H6ClNO5S. The van der Waals surface area contributed by atoms with Crippen molar-refractivity contribution >= 4 is 25.7 Å². The first kappa shape index (κ1) is 11.7. The van der Waals surface area contributed by atoms with Crippen molar-refractivity contribution in [3.05, 3.63) is 28.2 Å². The molecule has 0 spiro atoms. The number of rotatable bonds is 2. The Morgan fingerprint density at radius 1 is 1.47 bits per heavy atom. The van der Waals surface area contributed by atoms with Gasteiger partial charge in [-0.3, -0.25) is 4.79 Å². The largest absolute Gasteiger partial charge is 0.464 e. The lowest BCUT2D eigenvalue weighted by Gasteiger charge is -2.03. The van der Waals surface area contributed by atoms with Crippen molar-refractivity contribution in [3.8, 4) is 0 Å². The number of ether oxygens (including phenoxy) is 1. The maximum atomic E-state index is 11.1. The highest BCUT2D eigenvalue weighted by atomic mass is 35.7. The Bertz CT molecular complexity index is 547. The fraction of sp³-hybridized carbons (Fsp3) is 0.143. The third-order valence-corrected chi connectivity index (χ3v) is 2.90. The van der Waals surface area contributed by atoms with E-state index in [-0.39, 0.29) is 0 Å². The number of halogens is 1.